The van der Waals surface area contributed by atoms with Gasteiger partial charge in [0.1, 0.15) is 6.10 Å². The largest absolute Gasteiger partial charge is 0.493 e. The van der Waals surface area contributed by atoms with Gasteiger partial charge in [0, 0.05) is 17.9 Å². The standard InChI is InChI=1S/C14H18O4S/c1-17-12-6-2-4-10(5-3-7-13(15)16)14(12)18-11-8-19-9-11/h2,4,6,11H,3,5,7-9H2,1H3,(H,15,16). The van der Waals surface area contributed by atoms with Gasteiger partial charge in [-0.15, -0.1) is 0 Å². The molecule has 1 N–H and O–H groups in total. The van der Waals surface area contributed by atoms with E-state index < -0.39 is 5.97 Å². The summed E-state index contributed by atoms with van der Waals surface area (Å²) in [6.45, 7) is 0. The number of carboxylic acids is 1. The molecule has 2 rings (SSSR count). The Balaban J connectivity index is 2.08. The highest BCUT2D eigenvalue weighted by atomic mass is 32.2. The van der Waals surface area contributed by atoms with Crippen LogP contribution < -0.4 is 9.47 Å². The molecular formula is C14H18O4S. The number of carboxylic acid groups (broad SMARTS) is 1. The Hall–Kier alpha value is -1.36. The number of aryl methyl sites for hydroxylation is 1. The number of methoxy groups -OCH3 is 1. The maximum Gasteiger partial charge on any atom is 0.303 e. The summed E-state index contributed by atoms with van der Waals surface area (Å²) in [5, 5.41) is 8.70. The minimum Gasteiger partial charge on any atom is -0.493 e. The molecule has 0 unspecified atom stereocenters. The summed E-state index contributed by atoms with van der Waals surface area (Å²) >= 11 is 1.86. The van der Waals surface area contributed by atoms with Crippen LogP contribution in [0.15, 0.2) is 18.2 Å². The van der Waals surface area contributed by atoms with E-state index in [2.05, 4.69) is 0 Å². The van der Waals surface area contributed by atoms with E-state index in [1.807, 2.05) is 30.0 Å². The molecule has 0 radical (unpaired) electrons. The zero-order valence-corrected chi connectivity index (χ0v) is 11.7. The molecule has 1 saturated heterocycles. The monoisotopic (exact) mass is 282 g/mol. The van der Waals surface area contributed by atoms with Gasteiger partial charge in [0.2, 0.25) is 0 Å². The van der Waals surface area contributed by atoms with Gasteiger partial charge < -0.3 is 14.6 Å². The molecule has 1 aromatic carbocycles. The molecule has 1 aromatic rings. The molecule has 104 valence electrons. The normalized spacial score (nSPS) is 14.8. The van der Waals surface area contributed by atoms with Gasteiger partial charge in [-0.05, 0) is 24.5 Å². The lowest BCUT2D eigenvalue weighted by Gasteiger charge is -2.28. The van der Waals surface area contributed by atoms with Crippen molar-refractivity contribution in [2.24, 2.45) is 0 Å². The van der Waals surface area contributed by atoms with Crippen LogP contribution in [0.1, 0.15) is 18.4 Å². The number of thioether (sulfide) groups is 1. The lowest BCUT2D eigenvalue weighted by atomic mass is 10.1. The van der Waals surface area contributed by atoms with Gasteiger partial charge >= 0.3 is 5.97 Å². The molecule has 5 heteroatoms. The van der Waals surface area contributed by atoms with E-state index in [-0.39, 0.29) is 12.5 Å². The van der Waals surface area contributed by atoms with Gasteiger partial charge in [-0.1, -0.05) is 12.1 Å². The zero-order valence-electron chi connectivity index (χ0n) is 10.9. The van der Waals surface area contributed by atoms with Crippen molar-refractivity contribution in [2.45, 2.75) is 25.4 Å². The van der Waals surface area contributed by atoms with Gasteiger partial charge in [0.15, 0.2) is 11.5 Å². The highest BCUT2D eigenvalue weighted by Gasteiger charge is 2.23. The average Bonchev–Trinajstić information content (AvgIpc) is 2.34. The number of aliphatic carboxylic acids is 1. The van der Waals surface area contributed by atoms with Gasteiger partial charge in [0.05, 0.1) is 7.11 Å². The maximum absolute atomic E-state index is 10.6. The first kappa shape index (κ1) is 14.1. The zero-order chi connectivity index (χ0) is 13.7. The Morgan fingerprint density at radius 2 is 2.26 bits per heavy atom. The fourth-order valence-electron chi connectivity index (χ4n) is 1.93. The molecule has 0 bridgehead atoms. The second-order valence-electron chi connectivity index (χ2n) is 4.47. The minimum absolute atomic E-state index is 0.177. The molecule has 1 aliphatic heterocycles. The minimum atomic E-state index is -0.763. The maximum atomic E-state index is 10.6. The van der Waals surface area contributed by atoms with Crippen molar-refractivity contribution in [3.8, 4) is 11.5 Å². The van der Waals surface area contributed by atoms with Gasteiger partial charge in [-0.25, -0.2) is 0 Å². The van der Waals surface area contributed by atoms with Crippen LogP contribution >= 0.6 is 11.8 Å². The smallest absolute Gasteiger partial charge is 0.303 e. The molecule has 0 aliphatic carbocycles. The van der Waals surface area contributed by atoms with Crippen molar-refractivity contribution in [1.82, 2.24) is 0 Å². The molecule has 0 amide bonds. The van der Waals surface area contributed by atoms with Crippen molar-refractivity contribution in [3.63, 3.8) is 0 Å². The third kappa shape index (κ3) is 3.80. The van der Waals surface area contributed by atoms with Crippen LogP contribution in [-0.4, -0.2) is 35.8 Å². The van der Waals surface area contributed by atoms with E-state index in [4.69, 9.17) is 14.6 Å². The number of rotatable bonds is 7. The summed E-state index contributed by atoms with van der Waals surface area (Å²) < 4.78 is 11.3. The Kier molecular flexibility index (Phi) is 4.96. The van der Waals surface area contributed by atoms with E-state index in [0.29, 0.717) is 12.8 Å². The first-order valence-corrected chi connectivity index (χ1v) is 7.48. The molecule has 1 fully saturated rings. The fraction of sp³-hybridized carbons (Fsp3) is 0.500. The predicted octanol–water partition coefficient (Wildman–Crippen LogP) is 2.60. The lowest BCUT2D eigenvalue weighted by Crippen LogP contribution is -2.31. The van der Waals surface area contributed by atoms with Crippen LogP contribution in [0.5, 0.6) is 11.5 Å². The molecule has 4 nitrogen and oxygen atoms in total. The van der Waals surface area contributed by atoms with E-state index in [1.165, 1.54) is 0 Å². The van der Waals surface area contributed by atoms with Gasteiger partial charge in [-0.3, -0.25) is 4.79 Å². The predicted molar refractivity (Wildman–Crippen MR) is 75.3 cm³/mol. The third-order valence-electron chi connectivity index (χ3n) is 3.01. The van der Waals surface area contributed by atoms with E-state index >= 15 is 0 Å². The quantitative estimate of drug-likeness (QED) is 0.833. The van der Waals surface area contributed by atoms with Crippen LogP contribution in [0, 0.1) is 0 Å². The Labute approximate surface area is 117 Å². The number of para-hydroxylation sites is 1. The Morgan fingerprint density at radius 3 is 2.84 bits per heavy atom. The van der Waals surface area contributed by atoms with Crippen LogP contribution in [0.25, 0.3) is 0 Å². The van der Waals surface area contributed by atoms with Crippen molar-refractivity contribution in [2.75, 3.05) is 18.6 Å². The molecule has 0 saturated carbocycles. The molecule has 0 spiro atoms. The van der Waals surface area contributed by atoms with Crippen LogP contribution in [0.3, 0.4) is 0 Å². The third-order valence-corrected chi connectivity index (χ3v) is 4.22. The molecule has 19 heavy (non-hydrogen) atoms. The van der Waals surface area contributed by atoms with Crippen LogP contribution in [0.2, 0.25) is 0 Å². The number of benzene rings is 1. The Morgan fingerprint density at radius 1 is 1.47 bits per heavy atom. The Bertz CT molecular complexity index is 443. The number of hydrogen-bond donors (Lipinski definition) is 1. The lowest BCUT2D eigenvalue weighted by molar-refractivity contribution is -0.137. The number of hydrogen-bond acceptors (Lipinski definition) is 4. The summed E-state index contributed by atoms with van der Waals surface area (Å²) in [4.78, 5) is 10.6. The summed E-state index contributed by atoms with van der Waals surface area (Å²) in [7, 11) is 1.62. The fourth-order valence-corrected chi connectivity index (χ4v) is 2.50. The summed E-state index contributed by atoms with van der Waals surface area (Å²) in [6.07, 6.45) is 1.73. The summed E-state index contributed by atoms with van der Waals surface area (Å²) in [5.41, 5.74) is 1.03. The van der Waals surface area contributed by atoms with Crippen LogP contribution in [-0.2, 0) is 11.2 Å². The first-order valence-electron chi connectivity index (χ1n) is 6.32. The molecule has 1 heterocycles. The number of ether oxygens (including phenoxy) is 2. The van der Waals surface area contributed by atoms with Gasteiger partial charge in [0.25, 0.3) is 0 Å². The molecule has 0 atom stereocenters. The SMILES string of the molecule is COc1cccc(CCCC(=O)O)c1OC1CSC1. The first-order chi connectivity index (χ1) is 9.20. The number of carbonyl (C=O) groups is 1. The van der Waals surface area contributed by atoms with Crippen LogP contribution in [0.4, 0.5) is 0 Å². The van der Waals surface area contributed by atoms with Crippen molar-refractivity contribution >= 4 is 17.7 Å². The highest BCUT2D eigenvalue weighted by Crippen LogP contribution is 2.35. The van der Waals surface area contributed by atoms with Crippen molar-refractivity contribution in [1.29, 1.82) is 0 Å². The molecular weight excluding hydrogens is 264 g/mol. The van der Waals surface area contributed by atoms with E-state index in [1.54, 1.807) is 7.11 Å². The second kappa shape index (κ2) is 6.70. The van der Waals surface area contributed by atoms with Crippen molar-refractivity contribution in [3.05, 3.63) is 23.8 Å². The average molecular weight is 282 g/mol. The molecule has 0 aromatic heterocycles. The van der Waals surface area contributed by atoms with E-state index in [9.17, 15) is 4.79 Å². The van der Waals surface area contributed by atoms with Gasteiger partial charge in [-0.2, -0.15) is 11.8 Å². The summed E-state index contributed by atoms with van der Waals surface area (Å²) in [6, 6.07) is 5.77. The highest BCUT2D eigenvalue weighted by molar-refractivity contribution is 8.00. The second-order valence-corrected chi connectivity index (χ2v) is 5.55. The van der Waals surface area contributed by atoms with Crippen molar-refractivity contribution < 1.29 is 19.4 Å². The topological polar surface area (TPSA) is 55.8 Å². The summed E-state index contributed by atoms with van der Waals surface area (Å²) in [5.74, 6) is 2.75. The molecule has 1 aliphatic rings. The van der Waals surface area contributed by atoms with E-state index in [0.717, 1.165) is 28.6 Å².